The van der Waals surface area contributed by atoms with Crippen molar-refractivity contribution in [2.75, 3.05) is 0 Å². The van der Waals surface area contributed by atoms with E-state index >= 15 is 0 Å². The number of carbonyl (C=O) groups is 1. The quantitative estimate of drug-likeness (QED) is 0.663. The number of rotatable bonds is 5. The van der Waals surface area contributed by atoms with Gasteiger partial charge in [-0.2, -0.15) is 0 Å². The van der Waals surface area contributed by atoms with Crippen LogP contribution in [-0.2, 0) is 11.2 Å². The average Bonchev–Trinajstić information content (AvgIpc) is 2.42. The number of hydrogen-bond acceptors (Lipinski definition) is 4. The van der Waals surface area contributed by atoms with Crippen LogP contribution in [0, 0.1) is 10.1 Å². The Morgan fingerprint density at radius 1 is 1.29 bits per heavy atom. The number of halogens is 1. The molecule has 0 unspecified atom stereocenters. The molecular formula is C14H10ClNO4S. The molecule has 0 atom stereocenters. The van der Waals surface area contributed by atoms with E-state index in [-0.39, 0.29) is 12.1 Å². The monoisotopic (exact) mass is 323 g/mol. The highest BCUT2D eigenvalue weighted by atomic mass is 35.5. The molecule has 2 rings (SSSR count). The van der Waals surface area contributed by atoms with Crippen molar-refractivity contribution in [1.82, 2.24) is 0 Å². The van der Waals surface area contributed by atoms with Gasteiger partial charge in [0, 0.05) is 16.0 Å². The molecule has 2 aromatic carbocycles. The van der Waals surface area contributed by atoms with Crippen LogP contribution in [-0.4, -0.2) is 16.0 Å². The maximum atomic E-state index is 11.0. The van der Waals surface area contributed by atoms with Gasteiger partial charge >= 0.3 is 5.97 Å². The van der Waals surface area contributed by atoms with E-state index in [1.165, 1.54) is 17.8 Å². The number of benzene rings is 2. The zero-order valence-electron chi connectivity index (χ0n) is 10.7. The van der Waals surface area contributed by atoms with Crippen molar-refractivity contribution in [3.05, 3.63) is 63.2 Å². The van der Waals surface area contributed by atoms with Gasteiger partial charge in [0.05, 0.1) is 16.2 Å². The van der Waals surface area contributed by atoms with Crippen molar-refractivity contribution < 1.29 is 14.8 Å². The third-order valence-electron chi connectivity index (χ3n) is 2.65. The van der Waals surface area contributed by atoms with Gasteiger partial charge in [-0.15, -0.1) is 0 Å². The molecule has 2 aromatic rings. The molecule has 0 saturated heterocycles. The molecule has 0 spiro atoms. The van der Waals surface area contributed by atoms with E-state index in [0.717, 1.165) is 0 Å². The molecular weight excluding hydrogens is 314 g/mol. The number of hydrogen-bond donors (Lipinski definition) is 1. The van der Waals surface area contributed by atoms with Gasteiger partial charge < -0.3 is 5.11 Å². The maximum absolute atomic E-state index is 11.0. The smallest absolute Gasteiger partial charge is 0.307 e. The third-order valence-corrected chi connectivity index (χ3v) is 4.07. The van der Waals surface area contributed by atoms with Crippen LogP contribution in [0.2, 0.25) is 5.02 Å². The second-order valence-corrected chi connectivity index (χ2v) is 5.67. The van der Waals surface area contributed by atoms with E-state index in [9.17, 15) is 14.9 Å². The summed E-state index contributed by atoms with van der Waals surface area (Å²) in [6.07, 6.45) is -0.190. The molecule has 0 fully saturated rings. The Morgan fingerprint density at radius 2 is 2.00 bits per heavy atom. The Morgan fingerprint density at radius 3 is 2.67 bits per heavy atom. The first-order valence-corrected chi connectivity index (χ1v) is 7.08. The summed E-state index contributed by atoms with van der Waals surface area (Å²) in [6, 6.07) is 11.3. The van der Waals surface area contributed by atoms with E-state index in [4.69, 9.17) is 16.7 Å². The summed E-state index contributed by atoms with van der Waals surface area (Å²) in [5.41, 5.74) is 0.491. The fourth-order valence-electron chi connectivity index (χ4n) is 1.73. The fraction of sp³-hybridized carbons (Fsp3) is 0.0714. The standard InChI is InChI=1S/C14H10ClNO4S/c15-11-6-5-10(7-9(11)8-14(17)18)21-13-4-2-1-3-12(13)16(19)20/h1-7H,8H2,(H,17,18). The van der Waals surface area contributed by atoms with E-state index in [0.29, 0.717) is 20.4 Å². The zero-order valence-corrected chi connectivity index (χ0v) is 12.2. The summed E-state index contributed by atoms with van der Waals surface area (Å²) in [5.74, 6) is -0.982. The minimum Gasteiger partial charge on any atom is -0.481 e. The van der Waals surface area contributed by atoms with Gasteiger partial charge in [-0.05, 0) is 29.8 Å². The summed E-state index contributed by atoms with van der Waals surface area (Å²) < 4.78 is 0. The fourth-order valence-corrected chi connectivity index (χ4v) is 2.90. The maximum Gasteiger partial charge on any atom is 0.307 e. The van der Waals surface area contributed by atoms with Crippen LogP contribution >= 0.6 is 23.4 Å². The number of carboxylic acid groups (broad SMARTS) is 1. The predicted molar refractivity (Wildman–Crippen MR) is 80.0 cm³/mol. The number of carboxylic acids is 1. The first-order chi connectivity index (χ1) is 9.97. The van der Waals surface area contributed by atoms with Gasteiger partial charge in [-0.1, -0.05) is 35.5 Å². The number of nitro groups is 1. The van der Waals surface area contributed by atoms with Crippen LogP contribution in [0.1, 0.15) is 5.56 Å². The summed E-state index contributed by atoms with van der Waals surface area (Å²) in [4.78, 5) is 22.5. The van der Waals surface area contributed by atoms with Crippen molar-refractivity contribution in [2.45, 2.75) is 16.2 Å². The lowest BCUT2D eigenvalue weighted by molar-refractivity contribution is -0.387. The minimum absolute atomic E-state index is 0.0113. The summed E-state index contributed by atoms with van der Waals surface area (Å²) >= 11 is 7.14. The van der Waals surface area contributed by atoms with Gasteiger partial charge in [0.25, 0.3) is 5.69 Å². The summed E-state index contributed by atoms with van der Waals surface area (Å²) in [6.45, 7) is 0. The number of nitrogens with zero attached hydrogens (tertiary/aromatic N) is 1. The van der Waals surface area contributed by atoms with Crippen LogP contribution in [0.4, 0.5) is 5.69 Å². The highest BCUT2D eigenvalue weighted by Crippen LogP contribution is 2.35. The van der Waals surface area contributed by atoms with E-state index in [1.807, 2.05) is 0 Å². The van der Waals surface area contributed by atoms with Gasteiger partial charge in [-0.25, -0.2) is 0 Å². The lowest BCUT2D eigenvalue weighted by Gasteiger charge is -2.06. The molecule has 0 aliphatic rings. The normalized spacial score (nSPS) is 10.3. The Balaban J connectivity index is 2.32. The Kier molecular flexibility index (Phi) is 4.82. The minimum atomic E-state index is -0.982. The number of aliphatic carboxylic acids is 1. The summed E-state index contributed by atoms with van der Waals surface area (Å²) in [7, 11) is 0. The Labute approximate surface area is 129 Å². The molecule has 5 nitrogen and oxygen atoms in total. The van der Waals surface area contributed by atoms with Crippen LogP contribution < -0.4 is 0 Å². The van der Waals surface area contributed by atoms with Gasteiger partial charge in [0.1, 0.15) is 0 Å². The number of para-hydroxylation sites is 1. The van der Waals surface area contributed by atoms with E-state index < -0.39 is 10.9 Å². The topological polar surface area (TPSA) is 80.4 Å². The van der Waals surface area contributed by atoms with Crippen molar-refractivity contribution in [3.8, 4) is 0 Å². The SMILES string of the molecule is O=C(O)Cc1cc(Sc2ccccc2[N+](=O)[O-])ccc1Cl. The molecule has 1 N–H and O–H groups in total. The molecule has 7 heteroatoms. The molecule has 0 amide bonds. The van der Waals surface area contributed by atoms with Crippen LogP contribution in [0.5, 0.6) is 0 Å². The highest BCUT2D eigenvalue weighted by Gasteiger charge is 2.14. The molecule has 0 bridgehead atoms. The average molecular weight is 324 g/mol. The Bertz CT molecular complexity index is 705. The molecule has 0 radical (unpaired) electrons. The van der Waals surface area contributed by atoms with Crippen molar-refractivity contribution >= 4 is 35.0 Å². The van der Waals surface area contributed by atoms with Gasteiger partial charge in [0.2, 0.25) is 0 Å². The molecule has 0 aliphatic heterocycles. The molecule has 0 heterocycles. The lowest BCUT2D eigenvalue weighted by atomic mass is 10.1. The lowest BCUT2D eigenvalue weighted by Crippen LogP contribution is -2.00. The van der Waals surface area contributed by atoms with Crippen LogP contribution in [0.15, 0.2) is 52.3 Å². The van der Waals surface area contributed by atoms with Crippen molar-refractivity contribution in [3.63, 3.8) is 0 Å². The molecule has 0 aromatic heterocycles. The van der Waals surface area contributed by atoms with E-state index in [1.54, 1.807) is 36.4 Å². The molecule has 108 valence electrons. The zero-order chi connectivity index (χ0) is 15.4. The molecule has 21 heavy (non-hydrogen) atoms. The van der Waals surface area contributed by atoms with Crippen LogP contribution in [0.25, 0.3) is 0 Å². The predicted octanol–water partition coefficient (Wildman–Crippen LogP) is 4.03. The second-order valence-electron chi connectivity index (χ2n) is 4.15. The first-order valence-electron chi connectivity index (χ1n) is 5.89. The first kappa shape index (κ1) is 15.3. The van der Waals surface area contributed by atoms with Crippen molar-refractivity contribution in [1.29, 1.82) is 0 Å². The van der Waals surface area contributed by atoms with Crippen LogP contribution in [0.3, 0.4) is 0 Å². The molecule has 0 aliphatic carbocycles. The highest BCUT2D eigenvalue weighted by molar-refractivity contribution is 7.99. The van der Waals surface area contributed by atoms with Gasteiger partial charge in [0.15, 0.2) is 0 Å². The second kappa shape index (κ2) is 6.60. The molecule has 0 saturated carbocycles. The van der Waals surface area contributed by atoms with Gasteiger partial charge in [-0.3, -0.25) is 14.9 Å². The largest absolute Gasteiger partial charge is 0.481 e. The summed E-state index contributed by atoms with van der Waals surface area (Å²) in [5, 5.41) is 20.2. The van der Waals surface area contributed by atoms with Crippen molar-refractivity contribution in [2.24, 2.45) is 0 Å². The third kappa shape index (κ3) is 3.96. The Hall–Kier alpha value is -2.05. The number of nitro benzene ring substituents is 1. The van der Waals surface area contributed by atoms with E-state index in [2.05, 4.69) is 0 Å².